The molecule has 2 aromatic carbocycles. The van der Waals surface area contributed by atoms with Crippen molar-refractivity contribution in [1.82, 2.24) is 0 Å². The highest BCUT2D eigenvalue weighted by molar-refractivity contribution is 7.85. The average molecular weight is 362 g/mol. The lowest BCUT2D eigenvalue weighted by Gasteiger charge is -2.03. The van der Waals surface area contributed by atoms with Crippen LogP contribution < -0.4 is 4.74 Å². The smallest absolute Gasteiger partial charge is 0.336 e. The van der Waals surface area contributed by atoms with Crippen LogP contribution in [0.15, 0.2) is 71.6 Å². The molecule has 25 heavy (non-hydrogen) atoms. The molecule has 0 saturated heterocycles. The molecule has 0 aliphatic rings. The lowest BCUT2D eigenvalue weighted by Crippen LogP contribution is -2.07. The molecular weight excluding hydrogens is 348 g/mol. The van der Waals surface area contributed by atoms with Gasteiger partial charge in [0.1, 0.15) is 12.4 Å². The van der Waals surface area contributed by atoms with Crippen LogP contribution in [0.25, 0.3) is 0 Å². The topological polar surface area (TPSA) is 107 Å². The summed E-state index contributed by atoms with van der Waals surface area (Å²) in [4.78, 5) is 22.8. The van der Waals surface area contributed by atoms with Crippen LogP contribution in [0.1, 0.15) is 5.56 Å². The Morgan fingerprint density at radius 3 is 2.12 bits per heavy atom. The Morgan fingerprint density at radius 1 is 0.920 bits per heavy atom. The Bertz CT molecular complexity index is 869. The molecular formula is C17H14O7S. The molecule has 8 heteroatoms. The first-order valence-corrected chi connectivity index (χ1v) is 8.47. The van der Waals surface area contributed by atoms with Crippen LogP contribution in [0.4, 0.5) is 0 Å². The first kappa shape index (κ1) is 18.4. The van der Waals surface area contributed by atoms with E-state index in [-0.39, 0.29) is 17.3 Å². The van der Waals surface area contributed by atoms with E-state index in [1.807, 2.05) is 18.2 Å². The van der Waals surface area contributed by atoms with Gasteiger partial charge in [0.15, 0.2) is 0 Å². The summed E-state index contributed by atoms with van der Waals surface area (Å²) in [5.41, 5.74) is 0.811. The lowest BCUT2D eigenvalue weighted by atomic mass is 10.2. The van der Waals surface area contributed by atoms with Gasteiger partial charge in [0.05, 0.1) is 4.90 Å². The standard InChI is InChI=1S/C17H14O7S/c18-16(23-12-13-4-2-1-3-5-13)10-11-17(19)24-14-6-8-15(9-7-14)25(20,21)22/h1-11H,12H2,(H,20,21,22)/b11-10-. The molecule has 0 aromatic heterocycles. The summed E-state index contributed by atoms with van der Waals surface area (Å²) in [6.45, 7) is 0.0795. The van der Waals surface area contributed by atoms with Gasteiger partial charge in [-0.1, -0.05) is 30.3 Å². The minimum atomic E-state index is -4.31. The molecule has 0 fully saturated rings. The van der Waals surface area contributed by atoms with E-state index in [1.54, 1.807) is 12.1 Å². The van der Waals surface area contributed by atoms with Gasteiger partial charge in [-0.25, -0.2) is 9.59 Å². The summed E-state index contributed by atoms with van der Waals surface area (Å²) in [5, 5.41) is 0. The SMILES string of the molecule is O=C(/C=C\C(=O)Oc1ccc(S(=O)(=O)O)cc1)OCc1ccccc1. The van der Waals surface area contributed by atoms with Crippen molar-refractivity contribution in [3.8, 4) is 5.75 Å². The fourth-order valence-corrected chi connectivity index (χ4v) is 2.22. The fraction of sp³-hybridized carbons (Fsp3) is 0.0588. The largest absolute Gasteiger partial charge is 0.458 e. The number of benzene rings is 2. The molecule has 0 atom stereocenters. The molecule has 0 heterocycles. The molecule has 2 aromatic rings. The van der Waals surface area contributed by atoms with Crippen LogP contribution in [0.5, 0.6) is 5.75 Å². The van der Waals surface area contributed by atoms with Gasteiger partial charge in [-0.3, -0.25) is 4.55 Å². The predicted octanol–water partition coefficient (Wildman–Crippen LogP) is 2.14. The van der Waals surface area contributed by atoms with Crippen LogP contribution in [0.3, 0.4) is 0 Å². The Balaban J connectivity index is 1.84. The second kappa shape index (κ2) is 8.22. The van der Waals surface area contributed by atoms with Crippen LogP contribution >= 0.6 is 0 Å². The van der Waals surface area contributed by atoms with E-state index in [4.69, 9.17) is 14.0 Å². The van der Waals surface area contributed by atoms with Crippen LogP contribution in [-0.4, -0.2) is 24.9 Å². The van der Waals surface area contributed by atoms with E-state index >= 15 is 0 Å². The van der Waals surface area contributed by atoms with Gasteiger partial charge in [0, 0.05) is 12.2 Å². The summed E-state index contributed by atoms with van der Waals surface area (Å²) >= 11 is 0. The van der Waals surface area contributed by atoms with E-state index in [0.29, 0.717) is 0 Å². The Morgan fingerprint density at radius 2 is 1.52 bits per heavy atom. The molecule has 1 N–H and O–H groups in total. The predicted molar refractivity (Wildman–Crippen MR) is 87.3 cm³/mol. The summed E-state index contributed by atoms with van der Waals surface area (Å²) in [6, 6.07) is 13.6. The van der Waals surface area contributed by atoms with Gasteiger partial charge < -0.3 is 9.47 Å². The van der Waals surface area contributed by atoms with Gasteiger partial charge in [0.25, 0.3) is 10.1 Å². The van der Waals surface area contributed by atoms with Crippen molar-refractivity contribution < 1.29 is 32.0 Å². The molecule has 7 nitrogen and oxygen atoms in total. The zero-order valence-corrected chi connectivity index (χ0v) is 13.7. The minimum absolute atomic E-state index is 0.0553. The van der Waals surface area contributed by atoms with E-state index in [1.165, 1.54) is 12.1 Å². The molecule has 0 bridgehead atoms. The maximum Gasteiger partial charge on any atom is 0.336 e. The number of esters is 2. The molecule has 130 valence electrons. The first-order chi connectivity index (χ1) is 11.8. The highest BCUT2D eigenvalue weighted by Gasteiger charge is 2.10. The molecule has 0 spiro atoms. The van der Waals surface area contributed by atoms with Gasteiger partial charge in [-0.2, -0.15) is 8.42 Å². The fourth-order valence-electron chi connectivity index (χ4n) is 1.74. The van der Waals surface area contributed by atoms with Crippen LogP contribution in [-0.2, 0) is 31.1 Å². The molecule has 0 aliphatic carbocycles. The molecule has 0 unspecified atom stereocenters. The van der Waals surface area contributed by atoms with Gasteiger partial charge in [-0.15, -0.1) is 0 Å². The van der Waals surface area contributed by atoms with E-state index in [2.05, 4.69) is 0 Å². The third kappa shape index (κ3) is 6.21. The average Bonchev–Trinajstić information content (AvgIpc) is 2.59. The second-order valence-electron chi connectivity index (χ2n) is 4.79. The van der Waals surface area contributed by atoms with Gasteiger partial charge in [-0.05, 0) is 29.8 Å². The van der Waals surface area contributed by atoms with Crippen molar-refractivity contribution in [2.45, 2.75) is 11.5 Å². The highest BCUT2D eigenvalue weighted by atomic mass is 32.2. The number of rotatable bonds is 6. The monoisotopic (exact) mass is 362 g/mol. The van der Waals surface area contributed by atoms with E-state index in [0.717, 1.165) is 29.8 Å². The number of carbonyl (C=O) groups excluding carboxylic acids is 2. The van der Waals surface area contributed by atoms with Gasteiger partial charge in [0.2, 0.25) is 0 Å². The van der Waals surface area contributed by atoms with Crippen molar-refractivity contribution in [3.05, 3.63) is 72.3 Å². The summed E-state index contributed by atoms with van der Waals surface area (Å²) in [5.74, 6) is -1.49. The Labute approximate surface area is 144 Å². The lowest BCUT2D eigenvalue weighted by molar-refractivity contribution is -0.139. The number of ether oxygens (including phenoxy) is 2. The maximum atomic E-state index is 11.6. The highest BCUT2D eigenvalue weighted by Crippen LogP contribution is 2.15. The molecule has 0 radical (unpaired) electrons. The summed E-state index contributed by atoms with van der Waals surface area (Å²) < 4.78 is 40.5. The Kier molecular flexibility index (Phi) is 6.04. The first-order valence-electron chi connectivity index (χ1n) is 7.03. The van der Waals surface area contributed by atoms with Crippen LogP contribution in [0, 0.1) is 0 Å². The normalized spacial score (nSPS) is 11.2. The quantitative estimate of drug-likeness (QED) is 0.363. The maximum absolute atomic E-state index is 11.6. The number of hydrogen-bond acceptors (Lipinski definition) is 6. The van der Waals surface area contributed by atoms with Crippen molar-refractivity contribution in [2.75, 3.05) is 0 Å². The number of carbonyl (C=O) groups is 2. The zero-order chi connectivity index (χ0) is 18.3. The summed E-state index contributed by atoms with van der Waals surface area (Å²) in [7, 11) is -4.31. The van der Waals surface area contributed by atoms with Crippen molar-refractivity contribution in [1.29, 1.82) is 0 Å². The van der Waals surface area contributed by atoms with E-state index < -0.39 is 22.1 Å². The third-order valence-electron chi connectivity index (χ3n) is 2.92. The van der Waals surface area contributed by atoms with Crippen LogP contribution in [0.2, 0.25) is 0 Å². The molecule has 0 saturated carbocycles. The van der Waals surface area contributed by atoms with Crippen molar-refractivity contribution in [3.63, 3.8) is 0 Å². The van der Waals surface area contributed by atoms with Gasteiger partial charge >= 0.3 is 11.9 Å². The summed E-state index contributed by atoms with van der Waals surface area (Å²) in [6.07, 6.45) is 1.82. The Hall–Kier alpha value is -2.97. The second-order valence-corrected chi connectivity index (χ2v) is 6.22. The van der Waals surface area contributed by atoms with Crippen molar-refractivity contribution >= 4 is 22.1 Å². The van der Waals surface area contributed by atoms with Crippen molar-refractivity contribution in [2.24, 2.45) is 0 Å². The molecule has 0 amide bonds. The third-order valence-corrected chi connectivity index (χ3v) is 3.79. The zero-order valence-electron chi connectivity index (χ0n) is 12.9. The minimum Gasteiger partial charge on any atom is -0.458 e. The van der Waals surface area contributed by atoms with E-state index in [9.17, 15) is 18.0 Å². The molecule has 2 rings (SSSR count). The number of hydrogen-bond donors (Lipinski definition) is 1. The molecule has 0 aliphatic heterocycles.